The predicted octanol–water partition coefficient (Wildman–Crippen LogP) is 3.01. The number of carbonyl (C=O) groups is 1. The molecule has 0 spiro atoms. The lowest BCUT2D eigenvalue weighted by Crippen LogP contribution is -2.40. The van der Waals surface area contributed by atoms with Crippen LogP contribution in [0.25, 0.3) is 0 Å². The SMILES string of the molecule is CCN(CC)CCOc1ccccc1NC(=O)NC1CCN(C(C)C)C1. The minimum Gasteiger partial charge on any atom is -0.490 e. The molecule has 0 bridgehead atoms. The second-order valence-corrected chi connectivity index (χ2v) is 7.04. The summed E-state index contributed by atoms with van der Waals surface area (Å²) in [5, 5.41) is 6.02. The summed E-state index contributed by atoms with van der Waals surface area (Å²) < 4.78 is 5.90. The minimum absolute atomic E-state index is 0.166. The number of benzene rings is 1. The van der Waals surface area contributed by atoms with Gasteiger partial charge in [-0.15, -0.1) is 0 Å². The number of hydrogen-bond donors (Lipinski definition) is 2. The highest BCUT2D eigenvalue weighted by Crippen LogP contribution is 2.23. The van der Waals surface area contributed by atoms with Gasteiger partial charge in [-0.2, -0.15) is 0 Å². The second-order valence-electron chi connectivity index (χ2n) is 7.04. The van der Waals surface area contributed by atoms with Gasteiger partial charge in [0.25, 0.3) is 0 Å². The van der Waals surface area contributed by atoms with E-state index < -0.39 is 0 Å². The molecule has 1 aliphatic rings. The van der Waals surface area contributed by atoms with Crippen molar-refractivity contribution >= 4 is 11.7 Å². The van der Waals surface area contributed by atoms with E-state index >= 15 is 0 Å². The van der Waals surface area contributed by atoms with Crippen molar-refractivity contribution in [2.75, 3.05) is 44.6 Å². The number of likely N-dealkylation sites (tertiary alicyclic amines) is 1. The highest BCUT2D eigenvalue weighted by Gasteiger charge is 2.25. The molecule has 6 nitrogen and oxygen atoms in total. The van der Waals surface area contributed by atoms with Crippen molar-refractivity contribution in [3.8, 4) is 5.75 Å². The lowest BCUT2D eigenvalue weighted by Gasteiger charge is -2.21. The Morgan fingerprint density at radius 1 is 1.31 bits per heavy atom. The van der Waals surface area contributed by atoms with E-state index in [0.29, 0.717) is 24.1 Å². The number of urea groups is 1. The summed E-state index contributed by atoms with van der Waals surface area (Å²) in [5.41, 5.74) is 0.711. The smallest absolute Gasteiger partial charge is 0.319 e. The van der Waals surface area contributed by atoms with E-state index in [2.05, 4.69) is 48.1 Å². The number of carbonyl (C=O) groups excluding carboxylic acids is 1. The van der Waals surface area contributed by atoms with E-state index in [9.17, 15) is 4.79 Å². The average molecular weight is 363 g/mol. The van der Waals surface area contributed by atoms with E-state index in [0.717, 1.165) is 39.1 Å². The van der Waals surface area contributed by atoms with E-state index in [1.807, 2.05) is 24.3 Å². The Kier molecular flexibility index (Phi) is 8.19. The number of rotatable bonds is 9. The summed E-state index contributed by atoms with van der Waals surface area (Å²) in [6.45, 7) is 14.1. The number of nitrogens with zero attached hydrogens (tertiary/aromatic N) is 2. The molecule has 1 aromatic carbocycles. The largest absolute Gasteiger partial charge is 0.490 e. The first-order chi connectivity index (χ1) is 12.5. The van der Waals surface area contributed by atoms with Crippen molar-refractivity contribution in [2.45, 2.75) is 46.2 Å². The van der Waals surface area contributed by atoms with E-state index in [1.54, 1.807) is 0 Å². The molecule has 1 unspecified atom stereocenters. The third kappa shape index (κ3) is 6.18. The number of para-hydroxylation sites is 2. The zero-order chi connectivity index (χ0) is 18.9. The molecule has 1 saturated heterocycles. The van der Waals surface area contributed by atoms with Crippen molar-refractivity contribution in [2.24, 2.45) is 0 Å². The Morgan fingerprint density at radius 3 is 2.69 bits per heavy atom. The lowest BCUT2D eigenvalue weighted by atomic mass is 10.2. The van der Waals surface area contributed by atoms with Gasteiger partial charge in [-0.3, -0.25) is 4.90 Å². The van der Waals surface area contributed by atoms with Crippen molar-refractivity contribution in [3.63, 3.8) is 0 Å². The third-order valence-electron chi connectivity index (χ3n) is 4.98. The van der Waals surface area contributed by atoms with Gasteiger partial charge in [-0.1, -0.05) is 26.0 Å². The van der Waals surface area contributed by atoms with Gasteiger partial charge in [0.05, 0.1) is 5.69 Å². The van der Waals surface area contributed by atoms with Crippen molar-refractivity contribution < 1.29 is 9.53 Å². The maximum absolute atomic E-state index is 12.4. The monoisotopic (exact) mass is 362 g/mol. The summed E-state index contributed by atoms with van der Waals surface area (Å²) in [6, 6.07) is 8.16. The highest BCUT2D eigenvalue weighted by atomic mass is 16.5. The molecule has 2 amide bonds. The fourth-order valence-corrected chi connectivity index (χ4v) is 3.24. The first kappa shape index (κ1) is 20.5. The maximum atomic E-state index is 12.4. The predicted molar refractivity (Wildman–Crippen MR) is 107 cm³/mol. The van der Waals surface area contributed by atoms with Crippen LogP contribution in [0.1, 0.15) is 34.1 Å². The first-order valence-corrected chi connectivity index (χ1v) is 9.79. The number of nitrogens with one attached hydrogen (secondary N) is 2. The summed E-state index contributed by atoms with van der Waals surface area (Å²) in [5.74, 6) is 0.713. The van der Waals surface area contributed by atoms with Crippen LogP contribution in [0.4, 0.5) is 10.5 Å². The molecular weight excluding hydrogens is 328 g/mol. The molecule has 0 saturated carbocycles. The first-order valence-electron chi connectivity index (χ1n) is 9.79. The van der Waals surface area contributed by atoms with Gasteiger partial charge in [0.2, 0.25) is 0 Å². The number of likely N-dealkylation sites (N-methyl/N-ethyl adjacent to an activating group) is 1. The van der Waals surface area contributed by atoms with Crippen LogP contribution in [0.15, 0.2) is 24.3 Å². The van der Waals surface area contributed by atoms with Gasteiger partial charge >= 0.3 is 6.03 Å². The van der Waals surface area contributed by atoms with Crippen LogP contribution in [0.5, 0.6) is 5.75 Å². The number of amides is 2. The average Bonchev–Trinajstić information content (AvgIpc) is 3.09. The van der Waals surface area contributed by atoms with E-state index in [-0.39, 0.29) is 12.1 Å². The minimum atomic E-state index is -0.166. The highest BCUT2D eigenvalue weighted by molar-refractivity contribution is 5.91. The Hall–Kier alpha value is -1.79. The molecular formula is C20H34N4O2. The molecule has 146 valence electrons. The molecule has 26 heavy (non-hydrogen) atoms. The third-order valence-corrected chi connectivity index (χ3v) is 4.98. The fourth-order valence-electron chi connectivity index (χ4n) is 3.24. The molecule has 0 radical (unpaired) electrons. The van der Waals surface area contributed by atoms with Gasteiger partial charge in [0.1, 0.15) is 12.4 Å². The Labute approximate surface area is 157 Å². The van der Waals surface area contributed by atoms with Gasteiger partial charge < -0.3 is 20.3 Å². The van der Waals surface area contributed by atoms with Gasteiger partial charge in [-0.25, -0.2) is 4.79 Å². The van der Waals surface area contributed by atoms with Crippen molar-refractivity contribution in [1.82, 2.24) is 15.1 Å². The molecule has 1 heterocycles. The quantitative estimate of drug-likeness (QED) is 0.709. The lowest BCUT2D eigenvalue weighted by molar-refractivity contribution is 0.223. The standard InChI is InChI=1S/C20H34N4O2/c1-5-23(6-2)13-14-26-19-10-8-7-9-18(19)22-20(25)21-17-11-12-24(15-17)16(3)4/h7-10,16-17H,5-6,11-15H2,1-4H3,(H2,21,22,25). The number of hydrogen-bond acceptors (Lipinski definition) is 4. The van der Waals surface area contributed by atoms with E-state index in [1.165, 1.54) is 0 Å². The van der Waals surface area contributed by atoms with Crippen LogP contribution < -0.4 is 15.4 Å². The zero-order valence-corrected chi connectivity index (χ0v) is 16.6. The molecule has 6 heteroatoms. The van der Waals surface area contributed by atoms with Crippen LogP contribution >= 0.6 is 0 Å². The van der Waals surface area contributed by atoms with Gasteiger partial charge in [-0.05, 0) is 45.5 Å². The van der Waals surface area contributed by atoms with Gasteiger partial charge in [0.15, 0.2) is 0 Å². The van der Waals surface area contributed by atoms with Crippen molar-refractivity contribution in [1.29, 1.82) is 0 Å². The normalized spacial score (nSPS) is 17.7. The topological polar surface area (TPSA) is 56.8 Å². The molecule has 0 aliphatic carbocycles. The van der Waals surface area contributed by atoms with Gasteiger partial charge in [0, 0.05) is 31.7 Å². The molecule has 1 atom stereocenters. The Morgan fingerprint density at radius 2 is 2.04 bits per heavy atom. The summed E-state index contributed by atoms with van der Waals surface area (Å²) in [7, 11) is 0. The molecule has 1 aliphatic heterocycles. The van der Waals surface area contributed by atoms with Crippen molar-refractivity contribution in [3.05, 3.63) is 24.3 Å². The van der Waals surface area contributed by atoms with Crippen LogP contribution in [0.3, 0.4) is 0 Å². The molecule has 1 aromatic rings. The van der Waals surface area contributed by atoms with Crippen LogP contribution in [0.2, 0.25) is 0 Å². The summed E-state index contributed by atoms with van der Waals surface area (Å²) >= 11 is 0. The molecule has 0 aromatic heterocycles. The molecule has 2 N–H and O–H groups in total. The van der Waals surface area contributed by atoms with Crippen LogP contribution in [-0.4, -0.2) is 67.2 Å². The fraction of sp³-hybridized carbons (Fsp3) is 0.650. The van der Waals surface area contributed by atoms with Crippen LogP contribution in [-0.2, 0) is 0 Å². The second kappa shape index (κ2) is 10.4. The summed E-state index contributed by atoms with van der Waals surface area (Å²) in [4.78, 5) is 17.1. The van der Waals surface area contributed by atoms with E-state index in [4.69, 9.17) is 4.74 Å². The Bertz CT molecular complexity index is 560. The van der Waals surface area contributed by atoms with Crippen LogP contribution in [0, 0.1) is 0 Å². The molecule has 2 rings (SSSR count). The summed E-state index contributed by atoms with van der Waals surface area (Å²) in [6.07, 6.45) is 0.994. The molecule has 1 fully saturated rings. The number of ether oxygens (including phenoxy) is 1. The number of anilines is 1. The Balaban J connectivity index is 1.84. The maximum Gasteiger partial charge on any atom is 0.319 e. The zero-order valence-electron chi connectivity index (χ0n) is 16.6.